The maximum atomic E-state index is 12.9. The zero-order chi connectivity index (χ0) is 15.6. The molecule has 2 unspecified atom stereocenters. The van der Waals surface area contributed by atoms with Gasteiger partial charge in [0.05, 0.1) is 11.0 Å². The Kier molecular flexibility index (Phi) is 7.29. The zero-order valence-electron chi connectivity index (χ0n) is 12.7. The number of nitrogens with two attached hydrogens (primary N) is 1. The van der Waals surface area contributed by atoms with Crippen LogP contribution in [0.5, 0.6) is 0 Å². The third-order valence-electron chi connectivity index (χ3n) is 3.96. The van der Waals surface area contributed by atoms with Crippen molar-refractivity contribution in [3.63, 3.8) is 0 Å². The van der Waals surface area contributed by atoms with E-state index in [2.05, 4.69) is 15.9 Å². The molecule has 2 rings (SSSR count). The molecule has 22 heavy (non-hydrogen) atoms. The Morgan fingerprint density at radius 1 is 1.45 bits per heavy atom. The van der Waals surface area contributed by atoms with Crippen LogP contribution in [-0.4, -0.2) is 45.1 Å². The molecule has 1 aliphatic rings. The first-order chi connectivity index (χ1) is 9.90. The maximum absolute atomic E-state index is 12.9. The average molecular weight is 414 g/mol. The number of hydrogen-bond donors (Lipinski definition) is 1. The molecule has 2 N–H and O–H groups in total. The number of aryl methyl sites for hydroxylation is 1. The molecule has 1 aromatic carbocycles. The highest BCUT2D eigenvalue weighted by atomic mass is 79.9. The summed E-state index contributed by atoms with van der Waals surface area (Å²) in [6, 6.07) is 5.08. The fourth-order valence-corrected chi connectivity index (χ4v) is 5.14. The van der Waals surface area contributed by atoms with Crippen molar-refractivity contribution in [2.24, 2.45) is 5.73 Å². The lowest BCUT2D eigenvalue weighted by Gasteiger charge is -2.37. The van der Waals surface area contributed by atoms with Gasteiger partial charge in [-0.2, -0.15) is 4.31 Å². The van der Waals surface area contributed by atoms with Gasteiger partial charge in [0.25, 0.3) is 0 Å². The van der Waals surface area contributed by atoms with Crippen LogP contribution in [0.3, 0.4) is 0 Å². The molecule has 0 aromatic heterocycles. The average Bonchev–Trinajstić information content (AvgIpc) is 2.48. The van der Waals surface area contributed by atoms with E-state index in [1.165, 1.54) is 4.31 Å². The Morgan fingerprint density at radius 2 is 2.14 bits per heavy atom. The van der Waals surface area contributed by atoms with Crippen molar-refractivity contribution in [2.45, 2.75) is 36.8 Å². The molecule has 0 aliphatic carbocycles. The zero-order valence-corrected chi connectivity index (χ0v) is 15.9. The van der Waals surface area contributed by atoms with Gasteiger partial charge in [-0.1, -0.05) is 22.0 Å². The summed E-state index contributed by atoms with van der Waals surface area (Å²) in [4.78, 5) is 0.339. The van der Waals surface area contributed by atoms with Crippen molar-refractivity contribution in [1.29, 1.82) is 0 Å². The molecular weight excluding hydrogens is 392 g/mol. The molecule has 1 aromatic rings. The van der Waals surface area contributed by atoms with Crippen LogP contribution in [-0.2, 0) is 14.8 Å². The number of hydrogen-bond acceptors (Lipinski definition) is 4. The third-order valence-corrected chi connectivity index (χ3v) is 6.54. The summed E-state index contributed by atoms with van der Waals surface area (Å²) in [6.07, 6.45) is 1.41. The van der Waals surface area contributed by atoms with E-state index < -0.39 is 10.0 Å². The molecule has 1 saturated heterocycles. The van der Waals surface area contributed by atoms with Crippen LogP contribution in [0.1, 0.15) is 18.4 Å². The number of methoxy groups -OCH3 is 1. The standard InChI is InChI=1S/C14H21BrN2O3S.ClH/c1-10-3-4-11(15)7-14(10)21(18,19)17-6-5-13(20-2)8-12(17)9-16;/h3-4,7,12-13H,5-6,8-9,16H2,1-2H3;1H. The summed E-state index contributed by atoms with van der Waals surface area (Å²) in [7, 11) is -1.89. The van der Waals surface area contributed by atoms with Gasteiger partial charge in [0.2, 0.25) is 10.0 Å². The summed E-state index contributed by atoms with van der Waals surface area (Å²) in [5.74, 6) is 0. The van der Waals surface area contributed by atoms with E-state index in [4.69, 9.17) is 10.5 Å². The fraction of sp³-hybridized carbons (Fsp3) is 0.571. The van der Waals surface area contributed by atoms with E-state index in [0.717, 1.165) is 10.0 Å². The smallest absolute Gasteiger partial charge is 0.243 e. The molecule has 0 spiro atoms. The predicted octanol–water partition coefficient (Wildman–Crippen LogP) is 2.31. The van der Waals surface area contributed by atoms with Gasteiger partial charge in [-0.25, -0.2) is 8.42 Å². The SMILES string of the molecule is COC1CCN(S(=O)(=O)c2cc(Br)ccc2C)C(CN)C1.Cl. The van der Waals surface area contributed by atoms with Crippen molar-refractivity contribution in [3.8, 4) is 0 Å². The second-order valence-electron chi connectivity index (χ2n) is 5.30. The number of nitrogens with zero attached hydrogens (tertiary/aromatic N) is 1. The van der Waals surface area contributed by atoms with Crippen LogP contribution in [0.25, 0.3) is 0 Å². The lowest BCUT2D eigenvalue weighted by Crippen LogP contribution is -2.51. The Hall–Kier alpha value is -0.180. The van der Waals surface area contributed by atoms with Gasteiger partial charge in [-0.3, -0.25) is 0 Å². The van der Waals surface area contributed by atoms with E-state index in [1.54, 1.807) is 26.2 Å². The van der Waals surface area contributed by atoms with Crippen molar-refractivity contribution in [2.75, 3.05) is 20.2 Å². The maximum Gasteiger partial charge on any atom is 0.243 e. The van der Waals surface area contributed by atoms with E-state index in [-0.39, 0.29) is 24.6 Å². The molecule has 0 saturated carbocycles. The van der Waals surface area contributed by atoms with E-state index in [9.17, 15) is 8.42 Å². The van der Waals surface area contributed by atoms with Crippen molar-refractivity contribution >= 4 is 38.4 Å². The molecule has 2 atom stereocenters. The van der Waals surface area contributed by atoms with Gasteiger partial charge in [0.15, 0.2) is 0 Å². The number of halogens is 2. The van der Waals surface area contributed by atoms with E-state index in [1.807, 2.05) is 6.07 Å². The molecule has 126 valence electrons. The van der Waals surface area contributed by atoms with Crippen LogP contribution in [0.15, 0.2) is 27.6 Å². The lowest BCUT2D eigenvalue weighted by atomic mass is 10.0. The minimum atomic E-state index is -3.54. The highest BCUT2D eigenvalue weighted by Crippen LogP contribution is 2.29. The van der Waals surface area contributed by atoms with Crippen LogP contribution in [0.4, 0.5) is 0 Å². The number of rotatable bonds is 4. The van der Waals surface area contributed by atoms with Gasteiger partial charge in [-0.15, -0.1) is 12.4 Å². The van der Waals surface area contributed by atoms with E-state index in [0.29, 0.717) is 30.8 Å². The van der Waals surface area contributed by atoms with Gasteiger partial charge in [0.1, 0.15) is 0 Å². The molecule has 0 radical (unpaired) electrons. The monoisotopic (exact) mass is 412 g/mol. The molecule has 1 heterocycles. The quantitative estimate of drug-likeness (QED) is 0.822. The molecule has 1 fully saturated rings. The number of sulfonamides is 1. The molecule has 1 aliphatic heterocycles. The highest BCUT2D eigenvalue weighted by Gasteiger charge is 2.36. The Morgan fingerprint density at radius 3 is 2.73 bits per heavy atom. The Bertz CT molecular complexity index is 612. The molecule has 0 amide bonds. The number of piperidine rings is 1. The fourth-order valence-electron chi connectivity index (χ4n) is 2.72. The number of ether oxygens (including phenoxy) is 1. The van der Waals surface area contributed by atoms with Crippen molar-refractivity contribution in [1.82, 2.24) is 4.31 Å². The highest BCUT2D eigenvalue weighted by molar-refractivity contribution is 9.10. The van der Waals surface area contributed by atoms with Crippen molar-refractivity contribution in [3.05, 3.63) is 28.2 Å². The lowest BCUT2D eigenvalue weighted by molar-refractivity contribution is 0.0401. The number of benzene rings is 1. The normalized spacial score (nSPS) is 23.1. The first kappa shape index (κ1) is 19.9. The minimum absolute atomic E-state index is 0. The second-order valence-corrected chi connectivity index (χ2v) is 8.07. The Labute approximate surface area is 146 Å². The van der Waals surface area contributed by atoms with Gasteiger partial charge in [-0.05, 0) is 37.5 Å². The van der Waals surface area contributed by atoms with Crippen molar-refractivity contribution < 1.29 is 13.2 Å². The minimum Gasteiger partial charge on any atom is -0.381 e. The molecule has 0 bridgehead atoms. The summed E-state index contributed by atoms with van der Waals surface area (Å²) in [6.45, 7) is 2.54. The summed E-state index contributed by atoms with van der Waals surface area (Å²) >= 11 is 3.34. The Balaban J connectivity index is 0.00000242. The molecule has 5 nitrogen and oxygen atoms in total. The molecule has 8 heteroatoms. The van der Waals surface area contributed by atoms with Crippen LogP contribution >= 0.6 is 28.3 Å². The van der Waals surface area contributed by atoms with Gasteiger partial charge < -0.3 is 10.5 Å². The summed E-state index contributed by atoms with van der Waals surface area (Å²) in [5.41, 5.74) is 6.52. The largest absolute Gasteiger partial charge is 0.381 e. The van der Waals surface area contributed by atoms with Gasteiger partial charge >= 0.3 is 0 Å². The van der Waals surface area contributed by atoms with E-state index >= 15 is 0 Å². The summed E-state index contributed by atoms with van der Waals surface area (Å²) in [5, 5.41) is 0. The van der Waals surface area contributed by atoms with Crippen LogP contribution in [0, 0.1) is 6.92 Å². The van der Waals surface area contributed by atoms with Crippen LogP contribution < -0.4 is 5.73 Å². The first-order valence-electron chi connectivity index (χ1n) is 6.91. The summed E-state index contributed by atoms with van der Waals surface area (Å²) < 4.78 is 33.5. The predicted molar refractivity (Wildman–Crippen MR) is 92.9 cm³/mol. The molecular formula is C14H22BrClN2O3S. The van der Waals surface area contributed by atoms with Gasteiger partial charge in [0, 0.05) is 30.7 Å². The first-order valence-corrected chi connectivity index (χ1v) is 9.14. The van der Waals surface area contributed by atoms with Crippen LogP contribution in [0.2, 0.25) is 0 Å². The third kappa shape index (κ3) is 4.01. The topological polar surface area (TPSA) is 72.6 Å². The second kappa shape index (κ2) is 8.08.